The summed E-state index contributed by atoms with van der Waals surface area (Å²) < 4.78 is 10.3. The first-order valence-electron chi connectivity index (χ1n) is 8.97. The number of hydrogen-bond donors (Lipinski definition) is 2. The number of thioether (sulfide) groups is 1. The quantitative estimate of drug-likeness (QED) is 0.655. The Balaban J connectivity index is 1.82. The van der Waals surface area contributed by atoms with Crippen LogP contribution in [-0.2, 0) is 19.1 Å². The summed E-state index contributed by atoms with van der Waals surface area (Å²) in [5, 5.41) is 4.23. The summed E-state index contributed by atoms with van der Waals surface area (Å²) in [6.45, 7) is 5.24. The summed E-state index contributed by atoms with van der Waals surface area (Å²) in [5.74, 6) is -0.435. The number of rotatable bonds is 7. The van der Waals surface area contributed by atoms with Gasteiger partial charge in [0, 0.05) is 19.2 Å². The molecule has 4 amide bonds. The van der Waals surface area contributed by atoms with Crippen molar-refractivity contribution < 1.29 is 28.3 Å². The largest absolute Gasteiger partial charge is 0.466 e. The zero-order valence-corrected chi connectivity index (χ0v) is 16.9. The molecule has 0 unspecified atom stereocenters. The van der Waals surface area contributed by atoms with Crippen LogP contribution >= 0.6 is 11.8 Å². The maximum Gasteiger partial charge on any atom is 0.330 e. The maximum absolute atomic E-state index is 12.4. The molecule has 0 saturated carbocycles. The second-order valence-corrected chi connectivity index (χ2v) is 7.85. The van der Waals surface area contributed by atoms with Gasteiger partial charge in [0.05, 0.1) is 6.26 Å². The van der Waals surface area contributed by atoms with E-state index in [1.54, 1.807) is 12.1 Å². The minimum atomic E-state index is -0.828. The molecule has 2 heterocycles. The second-order valence-electron chi connectivity index (χ2n) is 6.74. The highest BCUT2D eigenvalue weighted by molar-refractivity contribution is 7.99. The van der Waals surface area contributed by atoms with Crippen LogP contribution in [0.1, 0.15) is 38.3 Å². The molecule has 2 N–H and O–H groups in total. The van der Waals surface area contributed by atoms with Crippen LogP contribution in [0.15, 0.2) is 22.8 Å². The zero-order valence-electron chi connectivity index (χ0n) is 16.1. The molecule has 0 radical (unpaired) electrons. The number of imide groups is 1. The Kier molecular flexibility index (Phi) is 7.91. The highest BCUT2D eigenvalue weighted by atomic mass is 32.2. The Morgan fingerprint density at radius 1 is 1.36 bits per heavy atom. The summed E-state index contributed by atoms with van der Waals surface area (Å²) in [5.41, 5.74) is 0. The molecule has 1 saturated heterocycles. The minimum absolute atomic E-state index is 0.303. The predicted molar refractivity (Wildman–Crippen MR) is 102 cm³/mol. The Labute approximate surface area is 167 Å². The molecule has 1 aromatic heterocycles. The summed E-state index contributed by atoms with van der Waals surface area (Å²) in [4.78, 5) is 49.2. The number of ether oxygens (including phenoxy) is 1. The Bertz CT molecular complexity index is 706. The first-order chi connectivity index (χ1) is 13.3. The third-order valence-corrected chi connectivity index (χ3v) is 5.31. The predicted octanol–water partition coefficient (Wildman–Crippen LogP) is 1.66. The molecule has 0 spiro atoms. The molecule has 10 heteroatoms. The number of carbonyl (C=O) groups excluding carboxylic acids is 4. The minimum Gasteiger partial charge on any atom is -0.466 e. The van der Waals surface area contributed by atoms with Crippen LogP contribution in [0.4, 0.5) is 4.79 Å². The second kappa shape index (κ2) is 10.2. The molecule has 0 bridgehead atoms. The standard InChI is InChI=1S/C18H25N3O6S/c1-11(2)6-7-19-18(25)20-15(23)9-27-17(24)13-10-28-16(21(13)12(3)22)14-5-4-8-26-14/h4-5,8,11,13,16H,6-7,9-10H2,1-3H3,(H2,19,20,23,25)/t13-,16+/m0/s1. The molecule has 0 aromatic carbocycles. The van der Waals surface area contributed by atoms with Gasteiger partial charge in [0.1, 0.15) is 17.2 Å². The lowest BCUT2D eigenvalue weighted by Crippen LogP contribution is -2.45. The average molecular weight is 411 g/mol. The molecule has 1 aromatic rings. The van der Waals surface area contributed by atoms with Gasteiger partial charge in [0.15, 0.2) is 6.61 Å². The highest BCUT2D eigenvalue weighted by Crippen LogP contribution is 2.41. The van der Waals surface area contributed by atoms with Gasteiger partial charge >= 0.3 is 12.0 Å². The third kappa shape index (κ3) is 6.01. The van der Waals surface area contributed by atoms with E-state index in [4.69, 9.17) is 9.15 Å². The molecule has 28 heavy (non-hydrogen) atoms. The van der Waals surface area contributed by atoms with Crippen molar-refractivity contribution in [3.8, 4) is 0 Å². The lowest BCUT2D eigenvalue weighted by Gasteiger charge is -2.25. The van der Waals surface area contributed by atoms with E-state index in [0.717, 1.165) is 6.42 Å². The Morgan fingerprint density at radius 2 is 2.11 bits per heavy atom. The molecular formula is C18H25N3O6S. The van der Waals surface area contributed by atoms with Crippen molar-refractivity contribution in [2.24, 2.45) is 5.92 Å². The number of esters is 1. The van der Waals surface area contributed by atoms with Gasteiger partial charge in [-0.05, 0) is 24.5 Å². The zero-order chi connectivity index (χ0) is 20.7. The fraction of sp³-hybridized carbons (Fsp3) is 0.556. The van der Waals surface area contributed by atoms with E-state index < -0.39 is 35.9 Å². The lowest BCUT2D eigenvalue weighted by molar-refractivity contribution is -0.156. The van der Waals surface area contributed by atoms with Gasteiger partial charge in [0.25, 0.3) is 5.91 Å². The molecule has 1 aliphatic rings. The lowest BCUT2D eigenvalue weighted by atomic mass is 10.1. The van der Waals surface area contributed by atoms with Crippen LogP contribution in [0, 0.1) is 5.92 Å². The Morgan fingerprint density at radius 3 is 2.71 bits per heavy atom. The van der Waals surface area contributed by atoms with Crippen molar-refractivity contribution in [2.75, 3.05) is 18.9 Å². The van der Waals surface area contributed by atoms with Gasteiger partial charge in [-0.3, -0.25) is 14.9 Å². The topological polar surface area (TPSA) is 118 Å². The first kappa shape index (κ1) is 21.8. The molecule has 1 aliphatic heterocycles. The number of amides is 4. The van der Waals surface area contributed by atoms with Gasteiger partial charge in [-0.1, -0.05) is 13.8 Å². The fourth-order valence-corrected chi connectivity index (χ4v) is 4.05. The van der Waals surface area contributed by atoms with Crippen LogP contribution in [-0.4, -0.2) is 53.7 Å². The number of carbonyl (C=O) groups is 4. The van der Waals surface area contributed by atoms with Crippen molar-refractivity contribution in [3.63, 3.8) is 0 Å². The van der Waals surface area contributed by atoms with E-state index in [9.17, 15) is 19.2 Å². The molecule has 0 aliphatic carbocycles. The van der Waals surface area contributed by atoms with Crippen molar-refractivity contribution in [1.82, 2.24) is 15.5 Å². The van der Waals surface area contributed by atoms with E-state index in [0.29, 0.717) is 24.0 Å². The Hall–Kier alpha value is -2.49. The molecule has 154 valence electrons. The van der Waals surface area contributed by atoms with E-state index in [1.807, 2.05) is 13.8 Å². The summed E-state index contributed by atoms with van der Waals surface area (Å²) in [6, 6.07) is 1.97. The normalized spacial score (nSPS) is 18.8. The van der Waals surface area contributed by atoms with Crippen molar-refractivity contribution in [1.29, 1.82) is 0 Å². The van der Waals surface area contributed by atoms with Crippen LogP contribution < -0.4 is 10.6 Å². The number of hydrogen-bond acceptors (Lipinski definition) is 7. The van der Waals surface area contributed by atoms with Gasteiger partial charge in [-0.25, -0.2) is 9.59 Å². The van der Waals surface area contributed by atoms with Crippen LogP contribution in [0.5, 0.6) is 0 Å². The van der Waals surface area contributed by atoms with Gasteiger partial charge in [-0.15, -0.1) is 11.8 Å². The van der Waals surface area contributed by atoms with E-state index in [2.05, 4.69) is 10.6 Å². The van der Waals surface area contributed by atoms with Crippen LogP contribution in [0.25, 0.3) is 0 Å². The number of furan rings is 1. The summed E-state index contributed by atoms with van der Waals surface area (Å²) in [6.07, 6.45) is 2.28. The fourth-order valence-electron chi connectivity index (χ4n) is 2.64. The first-order valence-corrected chi connectivity index (χ1v) is 10.0. The van der Waals surface area contributed by atoms with Crippen LogP contribution in [0.2, 0.25) is 0 Å². The van der Waals surface area contributed by atoms with E-state index in [-0.39, 0.29) is 5.91 Å². The van der Waals surface area contributed by atoms with Gasteiger partial charge in [-0.2, -0.15) is 0 Å². The molecule has 2 atom stereocenters. The van der Waals surface area contributed by atoms with Crippen LogP contribution in [0.3, 0.4) is 0 Å². The molecule has 2 rings (SSSR count). The monoisotopic (exact) mass is 411 g/mol. The average Bonchev–Trinajstić information content (AvgIpc) is 3.28. The summed E-state index contributed by atoms with van der Waals surface area (Å²) >= 11 is 1.38. The van der Waals surface area contributed by atoms with E-state index in [1.165, 1.54) is 29.8 Å². The highest BCUT2D eigenvalue weighted by Gasteiger charge is 2.43. The van der Waals surface area contributed by atoms with E-state index >= 15 is 0 Å². The number of nitrogens with zero attached hydrogens (tertiary/aromatic N) is 1. The van der Waals surface area contributed by atoms with Crippen molar-refractivity contribution in [2.45, 2.75) is 38.6 Å². The summed E-state index contributed by atoms with van der Waals surface area (Å²) in [7, 11) is 0. The van der Waals surface area contributed by atoms with Gasteiger partial charge < -0.3 is 19.4 Å². The molecule has 1 fully saturated rings. The van der Waals surface area contributed by atoms with Gasteiger partial charge in [0.2, 0.25) is 5.91 Å². The number of nitrogens with one attached hydrogen (secondary N) is 2. The van der Waals surface area contributed by atoms with Crippen molar-refractivity contribution >= 4 is 35.6 Å². The van der Waals surface area contributed by atoms with Crippen molar-refractivity contribution in [3.05, 3.63) is 24.2 Å². The number of urea groups is 1. The molecular weight excluding hydrogens is 386 g/mol. The molecule has 9 nitrogen and oxygen atoms in total. The third-order valence-electron chi connectivity index (χ3n) is 4.03. The SMILES string of the molecule is CC(=O)N1[C@@H](c2ccco2)SC[C@H]1C(=O)OCC(=O)NC(=O)NCCC(C)C. The maximum atomic E-state index is 12.4. The smallest absolute Gasteiger partial charge is 0.330 e.